The third kappa shape index (κ3) is 3.32. The van der Waals surface area contributed by atoms with Crippen LogP contribution in [0.5, 0.6) is 0 Å². The van der Waals surface area contributed by atoms with E-state index in [1.54, 1.807) is 13.1 Å². The smallest absolute Gasteiger partial charge is 0.128 e. The van der Waals surface area contributed by atoms with Gasteiger partial charge in [0.1, 0.15) is 5.82 Å². The summed E-state index contributed by atoms with van der Waals surface area (Å²) in [6.45, 7) is 4.59. The van der Waals surface area contributed by atoms with Gasteiger partial charge in [0.2, 0.25) is 0 Å². The Morgan fingerprint density at radius 1 is 1.26 bits per heavy atom. The number of pyridine rings is 1. The van der Waals surface area contributed by atoms with Crippen molar-refractivity contribution in [1.82, 2.24) is 4.98 Å². The molecule has 0 spiro atoms. The van der Waals surface area contributed by atoms with Crippen molar-refractivity contribution in [2.45, 2.75) is 26.5 Å². The third-order valence-corrected chi connectivity index (χ3v) is 3.24. The summed E-state index contributed by atoms with van der Waals surface area (Å²) >= 11 is 0. The van der Waals surface area contributed by atoms with Crippen LogP contribution in [0.1, 0.15) is 29.7 Å². The Labute approximate surface area is 114 Å². The summed E-state index contributed by atoms with van der Waals surface area (Å²) < 4.78 is 0. The van der Waals surface area contributed by atoms with Gasteiger partial charge >= 0.3 is 0 Å². The van der Waals surface area contributed by atoms with Gasteiger partial charge in [-0.1, -0.05) is 30.3 Å². The highest BCUT2D eigenvalue weighted by Crippen LogP contribution is 2.21. The Balaban J connectivity index is 2.16. The number of aryl methyl sites for hydroxylation is 1. The zero-order valence-electron chi connectivity index (χ0n) is 11.7. The molecule has 0 saturated heterocycles. The highest BCUT2D eigenvalue weighted by atomic mass is 16.3. The first-order chi connectivity index (χ1) is 9.08. The average molecular weight is 256 g/mol. The van der Waals surface area contributed by atoms with Crippen molar-refractivity contribution in [3.8, 4) is 0 Å². The van der Waals surface area contributed by atoms with Crippen LogP contribution in [0.3, 0.4) is 0 Å². The van der Waals surface area contributed by atoms with Crippen LogP contribution in [0, 0.1) is 6.92 Å². The number of aromatic nitrogens is 1. The number of aliphatic hydroxyl groups is 1. The fourth-order valence-corrected chi connectivity index (χ4v) is 2.14. The first-order valence-electron chi connectivity index (χ1n) is 6.47. The maximum atomic E-state index is 9.62. The molecule has 0 unspecified atom stereocenters. The highest BCUT2D eigenvalue weighted by molar-refractivity contribution is 5.43. The van der Waals surface area contributed by atoms with Gasteiger partial charge in [-0.15, -0.1) is 0 Å². The van der Waals surface area contributed by atoms with E-state index in [1.165, 1.54) is 5.56 Å². The fourth-order valence-electron chi connectivity index (χ4n) is 2.14. The number of hydrogen-bond acceptors (Lipinski definition) is 3. The Morgan fingerprint density at radius 3 is 2.53 bits per heavy atom. The van der Waals surface area contributed by atoms with Crippen molar-refractivity contribution in [1.29, 1.82) is 0 Å². The zero-order valence-corrected chi connectivity index (χ0v) is 11.7. The molecule has 1 N–H and O–H groups in total. The van der Waals surface area contributed by atoms with Crippen LogP contribution < -0.4 is 4.90 Å². The normalized spacial score (nSPS) is 12.2. The van der Waals surface area contributed by atoms with Crippen molar-refractivity contribution >= 4 is 5.82 Å². The van der Waals surface area contributed by atoms with E-state index in [0.717, 1.165) is 23.5 Å². The fraction of sp³-hybridized carbons (Fsp3) is 0.312. The number of hydrogen-bond donors (Lipinski definition) is 1. The largest absolute Gasteiger partial charge is 0.389 e. The predicted molar refractivity (Wildman–Crippen MR) is 78.2 cm³/mol. The van der Waals surface area contributed by atoms with Crippen LogP contribution in [0.4, 0.5) is 5.82 Å². The summed E-state index contributed by atoms with van der Waals surface area (Å²) in [6.07, 6.45) is 1.29. The van der Waals surface area contributed by atoms with Gasteiger partial charge in [-0.25, -0.2) is 4.98 Å². The first kappa shape index (κ1) is 13.6. The maximum Gasteiger partial charge on any atom is 0.128 e. The quantitative estimate of drug-likeness (QED) is 0.913. The third-order valence-electron chi connectivity index (χ3n) is 3.24. The molecule has 1 heterocycles. The van der Waals surface area contributed by atoms with Gasteiger partial charge in [0.25, 0.3) is 0 Å². The van der Waals surface area contributed by atoms with E-state index >= 15 is 0 Å². The Morgan fingerprint density at radius 2 is 1.95 bits per heavy atom. The van der Waals surface area contributed by atoms with E-state index in [2.05, 4.69) is 22.0 Å². The van der Waals surface area contributed by atoms with Gasteiger partial charge in [-0.2, -0.15) is 0 Å². The molecular formula is C16H20N2O. The van der Waals surface area contributed by atoms with Crippen LogP contribution >= 0.6 is 0 Å². The Kier molecular flexibility index (Phi) is 4.17. The van der Waals surface area contributed by atoms with Crippen LogP contribution in [0.2, 0.25) is 0 Å². The van der Waals surface area contributed by atoms with E-state index in [0.29, 0.717) is 0 Å². The van der Waals surface area contributed by atoms with Crippen molar-refractivity contribution in [2.75, 3.05) is 11.9 Å². The predicted octanol–water partition coefficient (Wildman–Crippen LogP) is 3.08. The molecule has 0 amide bonds. The molecule has 0 saturated carbocycles. The summed E-state index contributed by atoms with van der Waals surface area (Å²) in [6, 6.07) is 12.3. The van der Waals surface area contributed by atoms with Gasteiger partial charge in [0, 0.05) is 25.4 Å². The van der Waals surface area contributed by atoms with Crippen LogP contribution in [-0.2, 0) is 6.54 Å². The van der Waals surface area contributed by atoms with E-state index < -0.39 is 6.10 Å². The molecule has 1 aromatic carbocycles. The molecule has 100 valence electrons. The highest BCUT2D eigenvalue weighted by Gasteiger charge is 2.09. The SMILES string of the molecule is Cc1cc(N(C)Cc2ccccc2)ncc1[C@H](C)O. The molecular weight excluding hydrogens is 236 g/mol. The van der Waals surface area contributed by atoms with Crippen LogP contribution in [-0.4, -0.2) is 17.1 Å². The topological polar surface area (TPSA) is 36.4 Å². The molecule has 19 heavy (non-hydrogen) atoms. The number of rotatable bonds is 4. The minimum atomic E-state index is -0.471. The summed E-state index contributed by atoms with van der Waals surface area (Å²) in [5.74, 6) is 0.922. The van der Waals surface area contributed by atoms with Crippen molar-refractivity contribution < 1.29 is 5.11 Å². The molecule has 0 bridgehead atoms. The van der Waals surface area contributed by atoms with Crippen molar-refractivity contribution in [3.05, 3.63) is 59.3 Å². The van der Waals surface area contributed by atoms with Crippen molar-refractivity contribution in [3.63, 3.8) is 0 Å². The van der Waals surface area contributed by atoms with E-state index in [9.17, 15) is 5.11 Å². The van der Waals surface area contributed by atoms with E-state index in [4.69, 9.17) is 0 Å². The van der Waals surface area contributed by atoms with Crippen molar-refractivity contribution in [2.24, 2.45) is 0 Å². The van der Waals surface area contributed by atoms with Crippen LogP contribution in [0.25, 0.3) is 0 Å². The summed E-state index contributed by atoms with van der Waals surface area (Å²) in [5.41, 5.74) is 3.21. The van der Waals surface area contributed by atoms with E-state index in [1.807, 2.05) is 38.2 Å². The molecule has 0 aliphatic heterocycles. The monoisotopic (exact) mass is 256 g/mol. The lowest BCUT2D eigenvalue weighted by molar-refractivity contribution is 0.198. The van der Waals surface area contributed by atoms with E-state index in [-0.39, 0.29) is 0 Å². The second-order valence-corrected chi connectivity index (χ2v) is 4.92. The molecule has 1 atom stereocenters. The molecule has 1 aromatic heterocycles. The lowest BCUT2D eigenvalue weighted by atomic mass is 10.1. The molecule has 3 nitrogen and oxygen atoms in total. The number of nitrogens with zero attached hydrogens (tertiary/aromatic N) is 2. The van der Waals surface area contributed by atoms with Gasteiger partial charge in [-0.05, 0) is 31.0 Å². The molecule has 3 heteroatoms. The van der Waals surface area contributed by atoms with Gasteiger partial charge in [-0.3, -0.25) is 0 Å². The van der Waals surface area contributed by atoms with Crippen LogP contribution in [0.15, 0.2) is 42.6 Å². The number of aliphatic hydroxyl groups excluding tert-OH is 1. The molecule has 2 rings (SSSR count). The zero-order chi connectivity index (χ0) is 13.8. The Hall–Kier alpha value is -1.87. The van der Waals surface area contributed by atoms with Gasteiger partial charge < -0.3 is 10.0 Å². The molecule has 0 radical (unpaired) electrons. The minimum Gasteiger partial charge on any atom is -0.389 e. The second-order valence-electron chi connectivity index (χ2n) is 4.92. The molecule has 0 aliphatic carbocycles. The lowest BCUT2D eigenvalue weighted by Gasteiger charge is -2.20. The number of benzene rings is 1. The Bertz CT molecular complexity index is 538. The summed E-state index contributed by atoms with van der Waals surface area (Å²) in [5, 5.41) is 9.62. The standard InChI is InChI=1S/C16H20N2O/c1-12-9-16(17-10-15(12)13(2)19)18(3)11-14-7-5-4-6-8-14/h4-10,13,19H,11H2,1-3H3/t13-/m0/s1. The number of anilines is 1. The summed E-state index contributed by atoms with van der Waals surface area (Å²) in [4.78, 5) is 6.53. The molecule has 0 aliphatic rings. The maximum absolute atomic E-state index is 9.62. The second kappa shape index (κ2) is 5.85. The van der Waals surface area contributed by atoms with Gasteiger partial charge in [0.15, 0.2) is 0 Å². The lowest BCUT2D eigenvalue weighted by Crippen LogP contribution is -2.18. The molecule has 2 aromatic rings. The average Bonchev–Trinajstić information content (AvgIpc) is 2.39. The first-order valence-corrected chi connectivity index (χ1v) is 6.47. The van der Waals surface area contributed by atoms with Gasteiger partial charge in [0.05, 0.1) is 6.10 Å². The molecule has 0 fully saturated rings. The summed E-state index contributed by atoms with van der Waals surface area (Å²) in [7, 11) is 2.02. The minimum absolute atomic E-state index is 0.471.